The molecule has 3 aromatic rings. The molecular formula is C18H18N2S. The molecule has 0 saturated carbocycles. The molecule has 0 amide bonds. The van der Waals surface area contributed by atoms with Gasteiger partial charge in [0.1, 0.15) is 0 Å². The van der Waals surface area contributed by atoms with E-state index in [2.05, 4.69) is 36.6 Å². The Kier molecular flexibility index (Phi) is 2.96. The minimum atomic E-state index is 0.949. The second-order valence-electron chi connectivity index (χ2n) is 5.88. The topological polar surface area (TPSA) is 38.9 Å². The van der Waals surface area contributed by atoms with Crippen molar-refractivity contribution in [1.82, 2.24) is 4.98 Å². The number of benzene rings is 1. The normalized spacial score (nSPS) is 14.3. The van der Waals surface area contributed by atoms with Gasteiger partial charge in [-0.15, -0.1) is 11.3 Å². The lowest BCUT2D eigenvalue weighted by molar-refractivity contribution is 0.673. The van der Waals surface area contributed by atoms with E-state index in [4.69, 9.17) is 10.7 Å². The standard InChI is InChI=1S/C18H18N2S/c1-11-8-17(21-10-11)12-6-7-16-14(9-12)18(19)13-4-2-3-5-15(13)20-16/h6-10H,2-5H2,1H3,(H2,19,20). The molecule has 4 rings (SSSR count). The average Bonchev–Trinajstić information content (AvgIpc) is 2.94. The highest BCUT2D eigenvalue weighted by Gasteiger charge is 2.16. The maximum absolute atomic E-state index is 6.46. The number of aryl methyl sites for hydroxylation is 2. The van der Waals surface area contributed by atoms with Crippen LogP contribution < -0.4 is 5.73 Å². The zero-order valence-electron chi connectivity index (χ0n) is 12.1. The van der Waals surface area contributed by atoms with Gasteiger partial charge < -0.3 is 5.73 Å². The van der Waals surface area contributed by atoms with Crippen molar-refractivity contribution in [2.75, 3.05) is 5.73 Å². The Morgan fingerprint density at radius 1 is 1.14 bits per heavy atom. The molecule has 106 valence electrons. The van der Waals surface area contributed by atoms with Crippen LogP contribution in [0.2, 0.25) is 0 Å². The van der Waals surface area contributed by atoms with Gasteiger partial charge in [-0.25, -0.2) is 0 Å². The summed E-state index contributed by atoms with van der Waals surface area (Å²) in [5.41, 5.74) is 13.5. The molecule has 2 nitrogen and oxygen atoms in total. The monoisotopic (exact) mass is 294 g/mol. The van der Waals surface area contributed by atoms with E-state index in [0.717, 1.165) is 29.4 Å². The summed E-state index contributed by atoms with van der Waals surface area (Å²) < 4.78 is 0. The van der Waals surface area contributed by atoms with Crippen LogP contribution in [-0.4, -0.2) is 4.98 Å². The van der Waals surface area contributed by atoms with Gasteiger partial charge >= 0.3 is 0 Å². The van der Waals surface area contributed by atoms with Crippen molar-refractivity contribution >= 4 is 27.9 Å². The van der Waals surface area contributed by atoms with Crippen LogP contribution in [0.25, 0.3) is 21.3 Å². The Bertz CT molecular complexity index is 833. The average molecular weight is 294 g/mol. The number of aromatic nitrogens is 1. The first kappa shape index (κ1) is 12.8. The summed E-state index contributed by atoms with van der Waals surface area (Å²) in [4.78, 5) is 6.14. The van der Waals surface area contributed by atoms with Crippen LogP contribution in [0, 0.1) is 6.92 Å². The molecule has 0 bridgehead atoms. The number of hydrogen-bond donors (Lipinski definition) is 1. The van der Waals surface area contributed by atoms with Gasteiger partial charge in [-0.2, -0.15) is 0 Å². The molecule has 2 heterocycles. The molecule has 2 N–H and O–H groups in total. The quantitative estimate of drug-likeness (QED) is 0.704. The predicted octanol–water partition coefficient (Wildman–Crippen LogP) is 4.73. The minimum absolute atomic E-state index is 0.949. The number of rotatable bonds is 1. The van der Waals surface area contributed by atoms with Crippen LogP contribution >= 0.6 is 11.3 Å². The van der Waals surface area contributed by atoms with Gasteiger partial charge in [0.15, 0.2) is 0 Å². The van der Waals surface area contributed by atoms with Crippen molar-refractivity contribution in [3.8, 4) is 10.4 Å². The largest absolute Gasteiger partial charge is 0.398 e. The van der Waals surface area contributed by atoms with E-state index < -0.39 is 0 Å². The van der Waals surface area contributed by atoms with Crippen molar-refractivity contribution < 1.29 is 0 Å². The van der Waals surface area contributed by atoms with Crippen LogP contribution in [0.15, 0.2) is 29.6 Å². The zero-order valence-corrected chi connectivity index (χ0v) is 13.0. The molecule has 0 fully saturated rings. The number of hydrogen-bond acceptors (Lipinski definition) is 3. The number of nitrogens with two attached hydrogens (primary N) is 1. The van der Waals surface area contributed by atoms with E-state index in [1.807, 2.05) is 0 Å². The lowest BCUT2D eigenvalue weighted by Gasteiger charge is -2.18. The molecule has 0 spiro atoms. The van der Waals surface area contributed by atoms with E-state index in [1.54, 1.807) is 11.3 Å². The van der Waals surface area contributed by atoms with Crippen LogP contribution in [-0.2, 0) is 12.8 Å². The third-order valence-corrected chi connectivity index (χ3v) is 5.42. The molecule has 0 unspecified atom stereocenters. The Morgan fingerprint density at radius 2 is 2.00 bits per heavy atom. The molecule has 0 aliphatic heterocycles. The molecule has 21 heavy (non-hydrogen) atoms. The summed E-state index contributed by atoms with van der Waals surface area (Å²) in [5.74, 6) is 0. The number of thiophene rings is 1. The summed E-state index contributed by atoms with van der Waals surface area (Å²) in [7, 11) is 0. The van der Waals surface area contributed by atoms with Crippen LogP contribution in [0.4, 0.5) is 5.69 Å². The molecule has 1 aromatic carbocycles. The Morgan fingerprint density at radius 3 is 2.81 bits per heavy atom. The van der Waals surface area contributed by atoms with Crippen LogP contribution in [0.1, 0.15) is 29.7 Å². The second kappa shape index (κ2) is 4.85. The SMILES string of the molecule is Cc1csc(-c2ccc3nc4c(c(N)c3c2)CCCC4)c1. The molecule has 1 aliphatic carbocycles. The highest BCUT2D eigenvalue weighted by atomic mass is 32.1. The van der Waals surface area contributed by atoms with E-state index in [9.17, 15) is 0 Å². The molecule has 2 aromatic heterocycles. The van der Waals surface area contributed by atoms with Crippen molar-refractivity contribution in [3.63, 3.8) is 0 Å². The van der Waals surface area contributed by atoms with Gasteiger partial charge in [-0.1, -0.05) is 6.07 Å². The summed E-state index contributed by atoms with van der Waals surface area (Å²) in [6.07, 6.45) is 4.61. The third-order valence-electron chi connectivity index (χ3n) is 4.32. The fourth-order valence-electron chi connectivity index (χ4n) is 3.20. The minimum Gasteiger partial charge on any atom is -0.398 e. The van der Waals surface area contributed by atoms with E-state index in [1.165, 1.54) is 40.1 Å². The van der Waals surface area contributed by atoms with Gasteiger partial charge in [0.25, 0.3) is 0 Å². The number of anilines is 1. The highest BCUT2D eigenvalue weighted by Crippen LogP contribution is 2.35. The first-order chi connectivity index (χ1) is 10.2. The van der Waals surface area contributed by atoms with Gasteiger partial charge in [0.05, 0.1) is 5.52 Å². The second-order valence-corrected chi connectivity index (χ2v) is 6.79. The zero-order chi connectivity index (χ0) is 14.4. The first-order valence-electron chi connectivity index (χ1n) is 7.49. The number of nitrogen functional groups attached to an aromatic ring is 1. The predicted molar refractivity (Wildman–Crippen MR) is 90.8 cm³/mol. The number of fused-ring (bicyclic) bond motifs is 2. The first-order valence-corrected chi connectivity index (χ1v) is 8.37. The summed E-state index contributed by atoms with van der Waals surface area (Å²) in [5, 5.41) is 3.30. The molecule has 0 atom stereocenters. The molecular weight excluding hydrogens is 276 g/mol. The third kappa shape index (κ3) is 2.12. The van der Waals surface area contributed by atoms with Crippen LogP contribution in [0.3, 0.4) is 0 Å². The summed E-state index contributed by atoms with van der Waals surface area (Å²) in [6, 6.07) is 8.71. The van der Waals surface area contributed by atoms with E-state index in [-0.39, 0.29) is 0 Å². The van der Waals surface area contributed by atoms with E-state index in [0.29, 0.717) is 0 Å². The van der Waals surface area contributed by atoms with Crippen molar-refractivity contribution in [2.45, 2.75) is 32.6 Å². The molecule has 3 heteroatoms. The van der Waals surface area contributed by atoms with E-state index >= 15 is 0 Å². The number of nitrogens with zero attached hydrogens (tertiary/aromatic N) is 1. The van der Waals surface area contributed by atoms with Crippen molar-refractivity contribution in [1.29, 1.82) is 0 Å². The van der Waals surface area contributed by atoms with Gasteiger partial charge in [-0.05, 0) is 72.9 Å². The molecule has 0 radical (unpaired) electrons. The van der Waals surface area contributed by atoms with Crippen molar-refractivity contribution in [2.24, 2.45) is 0 Å². The van der Waals surface area contributed by atoms with Gasteiger partial charge in [0.2, 0.25) is 0 Å². The van der Waals surface area contributed by atoms with Crippen LogP contribution in [0.5, 0.6) is 0 Å². The van der Waals surface area contributed by atoms with Gasteiger partial charge in [0, 0.05) is 21.6 Å². The summed E-state index contributed by atoms with van der Waals surface area (Å²) in [6.45, 7) is 2.13. The smallest absolute Gasteiger partial charge is 0.0726 e. The maximum Gasteiger partial charge on any atom is 0.0726 e. The lowest BCUT2D eigenvalue weighted by atomic mass is 9.92. The Labute approximate surface area is 128 Å². The fraction of sp³-hybridized carbons (Fsp3) is 0.278. The van der Waals surface area contributed by atoms with Crippen molar-refractivity contribution in [3.05, 3.63) is 46.5 Å². The fourth-order valence-corrected chi connectivity index (χ4v) is 4.09. The molecule has 0 saturated heterocycles. The van der Waals surface area contributed by atoms with Gasteiger partial charge in [-0.3, -0.25) is 4.98 Å². The lowest BCUT2D eigenvalue weighted by Crippen LogP contribution is -2.09. The Balaban J connectivity index is 1.93. The maximum atomic E-state index is 6.46. The summed E-state index contributed by atoms with van der Waals surface area (Å²) >= 11 is 1.78. The Hall–Kier alpha value is -1.87. The number of pyridine rings is 1. The highest BCUT2D eigenvalue weighted by molar-refractivity contribution is 7.13. The molecule has 1 aliphatic rings.